The molecule has 0 radical (unpaired) electrons. The number of nitrogens with zero attached hydrogens (tertiary/aromatic N) is 3. The van der Waals surface area contributed by atoms with Gasteiger partial charge < -0.3 is 14.6 Å². The topological polar surface area (TPSA) is 59.8 Å². The van der Waals surface area contributed by atoms with Gasteiger partial charge in [0.15, 0.2) is 0 Å². The summed E-state index contributed by atoms with van der Waals surface area (Å²) in [6, 6.07) is 13.8. The molecule has 1 aromatic heterocycles. The van der Waals surface area contributed by atoms with E-state index in [-0.39, 0.29) is 6.61 Å². The Kier molecular flexibility index (Phi) is 7.58. The Morgan fingerprint density at radius 3 is 2.82 bits per heavy atom. The monoisotopic (exact) mass is 469 g/mol. The predicted molar refractivity (Wildman–Crippen MR) is 130 cm³/mol. The summed E-state index contributed by atoms with van der Waals surface area (Å²) in [5.74, 6) is 1.47. The van der Waals surface area contributed by atoms with Crippen LogP contribution in [0.4, 0.5) is 0 Å². The molecule has 0 bridgehead atoms. The second kappa shape index (κ2) is 10.6. The number of β-amino-alcohol motifs (C(OH)–C–C–N with tert-alkyl or cyclic N) is 1. The number of rotatable bonds is 9. The second-order valence-corrected chi connectivity index (χ2v) is 9.44. The summed E-state index contributed by atoms with van der Waals surface area (Å²) in [6.45, 7) is 7.77. The molecule has 1 fully saturated rings. The van der Waals surface area contributed by atoms with Crippen LogP contribution in [-0.4, -0.2) is 51.7 Å². The number of halogens is 1. The van der Waals surface area contributed by atoms with Crippen molar-refractivity contribution in [1.82, 2.24) is 14.7 Å². The molecule has 1 N–H and O–H groups in total. The summed E-state index contributed by atoms with van der Waals surface area (Å²) in [5.41, 5.74) is 2.48. The first-order valence-corrected chi connectivity index (χ1v) is 11.8. The Morgan fingerprint density at radius 2 is 2.00 bits per heavy atom. The van der Waals surface area contributed by atoms with Crippen LogP contribution in [0, 0.1) is 13.8 Å². The van der Waals surface area contributed by atoms with Crippen LogP contribution in [0.3, 0.4) is 0 Å². The minimum atomic E-state index is -0.901. The molecule has 7 heteroatoms. The van der Waals surface area contributed by atoms with E-state index < -0.39 is 5.60 Å². The van der Waals surface area contributed by atoms with Gasteiger partial charge >= 0.3 is 0 Å². The molecule has 1 saturated heterocycles. The Bertz CT molecular complexity index is 1070. The van der Waals surface area contributed by atoms with E-state index in [0.29, 0.717) is 36.9 Å². The first-order chi connectivity index (χ1) is 15.9. The molecular weight excluding hydrogens is 438 g/mol. The lowest BCUT2D eigenvalue weighted by Crippen LogP contribution is -2.51. The van der Waals surface area contributed by atoms with Gasteiger partial charge in [-0.15, -0.1) is 0 Å². The van der Waals surface area contributed by atoms with Crippen molar-refractivity contribution in [2.24, 2.45) is 0 Å². The van der Waals surface area contributed by atoms with Gasteiger partial charge in [-0.3, -0.25) is 9.58 Å². The quantitative estimate of drug-likeness (QED) is 0.494. The lowest BCUT2D eigenvalue weighted by atomic mass is 9.93. The van der Waals surface area contributed by atoms with Gasteiger partial charge in [0.1, 0.15) is 30.3 Å². The Morgan fingerprint density at radius 1 is 1.12 bits per heavy atom. The number of hydrogen-bond acceptors (Lipinski definition) is 5. The molecule has 3 aromatic rings. The van der Waals surface area contributed by atoms with Gasteiger partial charge in [-0.05, 0) is 74.2 Å². The first-order valence-electron chi connectivity index (χ1n) is 11.4. The zero-order valence-electron chi connectivity index (χ0n) is 19.3. The summed E-state index contributed by atoms with van der Waals surface area (Å²) in [6.07, 6.45) is 5.48. The largest absolute Gasteiger partial charge is 0.492 e. The minimum Gasteiger partial charge on any atom is -0.492 e. The highest BCUT2D eigenvalue weighted by atomic mass is 35.5. The zero-order valence-corrected chi connectivity index (χ0v) is 20.1. The van der Waals surface area contributed by atoms with E-state index in [1.807, 2.05) is 61.3 Å². The molecule has 2 heterocycles. The van der Waals surface area contributed by atoms with Crippen LogP contribution in [0.5, 0.6) is 11.5 Å². The highest BCUT2D eigenvalue weighted by Gasteiger charge is 2.34. The number of piperidine rings is 1. The third-order valence-electron chi connectivity index (χ3n) is 5.87. The number of benzene rings is 2. The van der Waals surface area contributed by atoms with Gasteiger partial charge in [0, 0.05) is 19.3 Å². The molecule has 0 unspecified atom stereocenters. The molecule has 6 nitrogen and oxygen atoms in total. The maximum absolute atomic E-state index is 11.2. The molecule has 1 aliphatic rings. The molecule has 0 saturated carbocycles. The summed E-state index contributed by atoms with van der Waals surface area (Å²) < 4.78 is 13.8. The van der Waals surface area contributed by atoms with Crippen LogP contribution < -0.4 is 9.47 Å². The molecule has 176 valence electrons. The molecular formula is C26H32ClN3O3. The molecule has 4 rings (SSSR count). The normalized spacial score (nSPS) is 18.9. The number of aliphatic hydroxyl groups is 1. The van der Waals surface area contributed by atoms with Gasteiger partial charge in [0.25, 0.3) is 0 Å². The van der Waals surface area contributed by atoms with Crippen molar-refractivity contribution in [3.63, 3.8) is 0 Å². The van der Waals surface area contributed by atoms with Gasteiger partial charge in [-0.2, -0.15) is 5.10 Å². The Labute approximate surface area is 200 Å². The van der Waals surface area contributed by atoms with E-state index in [1.165, 1.54) is 0 Å². The zero-order chi connectivity index (χ0) is 23.3. The number of hydrogen-bond donors (Lipinski definition) is 1. The van der Waals surface area contributed by atoms with Crippen molar-refractivity contribution in [3.8, 4) is 11.5 Å². The summed E-state index contributed by atoms with van der Waals surface area (Å²) in [5, 5.41) is 16.0. The lowest BCUT2D eigenvalue weighted by molar-refractivity contribution is -0.0621. The van der Waals surface area contributed by atoms with E-state index in [9.17, 15) is 5.11 Å². The first kappa shape index (κ1) is 23.6. The van der Waals surface area contributed by atoms with Crippen LogP contribution in [0.1, 0.15) is 29.5 Å². The number of aryl methyl sites for hydroxylation is 2. The van der Waals surface area contributed by atoms with Crippen molar-refractivity contribution in [3.05, 3.63) is 76.6 Å². The predicted octanol–water partition coefficient (Wildman–Crippen LogP) is 4.64. The highest BCUT2D eigenvalue weighted by molar-refractivity contribution is 6.32. The average Bonchev–Trinajstić information content (AvgIpc) is 3.20. The van der Waals surface area contributed by atoms with E-state index in [2.05, 4.69) is 22.1 Å². The molecule has 1 atom stereocenters. The van der Waals surface area contributed by atoms with Crippen molar-refractivity contribution in [1.29, 1.82) is 0 Å². The molecule has 2 aromatic carbocycles. The fourth-order valence-electron chi connectivity index (χ4n) is 4.23. The summed E-state index contributed by atoms with van der Waals surface area (Å²) in [4.78, 5) is 2.27. The maximum Gasteiger partial charge on any atom is 0.138 e. The molecule has 33 heavy (non-hydrogen) atoms. The third-order valence-corrected chi connectivity index (χ3v) is 6.19. The van der Waals surface area contributed by atoms with Crippen LogP contribution in [0.15, 0.2) is 54.9 Å². The molecule has 0 amide bonds. The van der Waals surface area contributed by atoms with Crippen LogP contribution in [-0.2, 0) is 13.1 Å². The van der Waals surface area contributed by atoms with E-state index in [1.54, 1.807) is 0 Å². The number of aromatic nitrogens is 2. The second-order valence-electron chi connectivity index (χ2n) is 9.04. The summed E-state index contributed by atoms with van der Waals surface area (Å²) in [7, 11) is 0. The van der Waals surface area contributed by atoms with Crippen LogP contribution >= 0.6 is 11.6 Å². The van der Waals surface area contributed by atoms with Crippen molar-refractivity contribution in [2.75, 3.05) is 26.3 Å². The molecule has 1 aliphatic heterocycles. The Balaban J connectivity index is 1.30. The van der Waals surface area contributed by atoms with Crippen molar-refractivity contribution >= 4 is 11.6 Å². The smallest absolute Gasteiger partial charge is 0.138 e. The number of likely N-dealkylation sites (tertiary alicyclic amines) is 1. The number of ether oxygens (including phenoxy) is 2. The fraction of sp³-hybridized carbons (Fsp3) is 0.423. The van der Waals surface area contributed by atoms with Gasteiger partial charge in [0.2, 0.25) is 0 Å². The van der Waals surface area contributed by atoms with Gasteiger partial charge in [-0.25, -0.2) is 0 Å². The van der Waals surface area contributed by atoms with E-state index in [4.69, 9.17) is 21.1 Å². The third kappa shape index (κ3) is 6.73. The van der Waals surface area contributed by atoms with Crippen LogP contribution in [0.2, 0.25) is 5.02 Å². The van der Waals surface area contributed by atoms with Crippen molar-refractivity contribution < 1.29 is 14.6 Å². The molecule has 0 spiro atoms. The lowest BCUT2D eigenvalue weighted by Gasteiger charge is -2.39. The van der Waals surface area contributed by atoms with Crippen LogP contribution in [0.25, 0.3) is 0 Å². The van der Waals surface area contributed by atoms with Crippen molar-refractivity contribution in [2.45, 2.75) is 45.4 Å². The maximum atomic E-state index is 11.2. The Hall–Kier alpha value is -2.54. The fourth-order valence-corrected chi connectivity index (χ4v) is 4.40. The summed E-state index contributed by atoms with van der Waals surface area (Å²) >= 11 is 6.25. The van der Waals surface area contributed by atoms with E-state index >= 15 is 0 Å². The van der Waals surface area contributed by atoms with Gasteiger partial charge in [0.05, 0.1) is 17.8 Å². The standard InChI is InChI=1S/C26H32ClN3O3/c1-20-7-8-24(27)25(13-20)33-19-26(31)9-4-10-29(18-26)17-22-5-3-6-23(14-22)32-12-11-30-16-21(2)15-28-30/h3,5-8,13-16,31H,4,9-12,17-19H2,1-2H3/t26-/m0/s1. The highest BCUT2D eigenvalue weighted by Crippen LogP contribution is 2.29. The minimum absolute atomic E-state index is 0.225. The van der Waals surface area contributed by atoms with E-state index in [0.717, 1.165) is 42.0 Å². The SMILES string of the molecule is Cc1ccc(Cl)c(OC[C@]2(O)CCCN(Cc3cccc(OCCn4cc(C)cn4)c3)C2)c1. The average molecular weight is 470 g/mol. The molecule has 0 aliphatic carbocycles. The van der Waals surface area contributed by atoms with Gasteiger partial charge in [-0.1, -0.05) is 29.8 Å².